The molecule has 0 aromatic carbocycles. The standard InChI is InChI=1S/C16H28FN3O/c1-12(2)8-18-9-13-7-14(17)10-19-15(13)21-11-16(3,4)20(5)6/h7,10,12,18H,8-9,11H2,1-6H3. The van der Waals surface area contributed by atoms with Gasteiger partial charge in [-0.2, -0.15) is 0 Å². The van der Waals surface area contributed by atoms with Gasteiger partial charge in [0.15, 0.2) is 0 Å². The molecule has 4 nitrogen and oxygen atoms in total. The molecule has 0 spiro atoms. The van der Waals surface area contributed by atoms with Crippen molar-refractivity contribution in [1.82, 2.24) is 15.2 Å². The molecule has 0 atom stereocenters. The number of likely N-dealkylation sites (N-methyl/N-ethyl adjacent to an activating group) is 1. The fraction of sp³-hybridized carbons (Fsp3) is 0.688. The second kappa shape index (κ2) is 7.71. The lowest BCUT2D eigenvalue weighted by Crippen LogP contribution is -2.43. The lowest BCUT2D eigenvalue weighted by atomic mass is 10.1. The summed E-state index contributed by atoms with van der Waals surface area (Å²) in [5.41, 5.74) is 0.642. The molecule has 1 aromatic rings. The lowest BCUT2D eigenvalue weighted by molar-refractivity contribution is 0.110. The van der Waals surface area contributed by atoms with Crippen LogP contribution < -0.4 is 10.1 Å². The average molecular weight is 297 g/mol. The molecule has 0 saturated carbocycles. The van der Waals surface area contributed by atoms with Crippen molar-refractivity contribution in [3.8, 4) is 5.88 Å². The molecule has 0 saturated heterocycles. The zero-order valence-corrected chi connectivity index (χ0v) is 14.0. The molecule has 0 bridgehead atoms. The highest BCUT2D eigenvalue weighted by atomic mass is 19.1. The Hall–Kier alpha value is -1.20. The maximum atomic E-state index is 13.4. The van der Waals surface area contributed by atoms with E-state index >= 15 is 0 Å². The molecule has 0 amide bonds. The van der Waals surface area contributed by atoms with Gasteiger partial charge < -0.3 is 15.0 Å². The third kappa shape index (κ3) is 5.98. The minimum Gasteiger partial charge on any atom is -0.475 e. The molecule has 0 radical (unpaired) electrons. The van der Waals surface area contributed by atoms with Gasteiger partial charge in [0.25, 0.3) is 0 Å². The monoisotopic (exact) mass is 297 g/mol. The van der Waals surface area contributed by atoms with Gasteiger partial charge in [-0.1, -0.05) is 13.8 Å². The highest BCUT2D eigenvalue weighted by molar-refractivity contribution is 5.26. The molecular weight excluding hydrogens is 269 g/mol. The SMILES string of the molecule is CC(C)CNCc1cc(F)cnc1OCC(C)(C)N(C)C. The van der Waals surface area contributed by atoms with Crippen molar-refractivity contribution in [2.45, 2.75) is 39.8 Å². The molecular formula is C16H28FN3O. The molecule has 0 unspecified atom stereocenters. The van der Waals surface area contributed by atoms with Crippen LogP contribution >= 0.6 is 0 Å². The van der Waals surface area contributed by atoms with Crippen LogP contribution in [-0.4, -0.2) is 42.7 Å². The van der Waals surface area contributed by atoms with Crippen LogP contribution in [0.25, 0.3) is 0 Å². The van der Waals surface area contributed by atoms with Crippen molar-refractivity contribution < 1.29 is 9.13 Å². The Morgan fingerprint density at radius 3 is 2.62 bits per heavy atom. The second-order valence-electron chi connectivity index (χ2n) is 6.64. The Morgan fingerprint density at radius 2 is 2.05 bits per heavy atom. The number of ether oxygens (including phenoxy) is 1. The molecule has 1 aromatic heterocycles. The summed E-state index contributed by atoms with van der Waals surface area (Å²) in [6, 6.07) is 1.48. The predicted octanol–water partition coefficient (Wildman–Crippen LogP) is 2.69. The smallest absolute Gasteiger partial charge is 0.218 e. The van der Waals surface area contributed by atoms with E-state index in [-0.39, 0.29) is 11.4 Å². The van der Waals surface area contributed by atoms with Gasteiger partial charge in [-0.15, -0.1) is 0 Å². The molecule has 1 N–H and O–H groups in total. The summed E-state index contributed by atoms with van der Waals surface area (Å²) in [4.78, 5) is 6.17. The lowest BCUT2D eigenvalue weighted by Gasteiger charge is -2.32. The van der Waals surface area contributed by atoms with Crippen LogP contribution in [0.4, 0.5) is 4.39 Å². The van der Waals surface area contributed by atoms with E-state index in [1.54, 1.807) is 0 Å². The van der Waals surface area contributed by atoms with E-state index < -0.39 is 0 Å². The Balaban J connectivity index is 2.72. The van der Waals surface area contributed by atoms with Gasteiger partial charge in [0.1, 0.15) is 12.4 Å². The summed E-state index contributed by atoms with van der Waals surface area (Å²) < 4.78 is 19.2. The summed E-state index contributed by atoms with van der Waals surface area (Å²) in [5, 5.41) is 3.29. The van der Waals surface area contributed by atoms with Gasteiger partial charge >= 0.3 is 0 Å². The first-order chi connectivity index (χ1) is 9.72. The second-order valence-corrected chi connectivity index (χ2v) is 6.64. The van der Waals surface area contributed by atoms with Gasteiger partial charge in [-0.3, -0.25) is 0 Å². The maximum absolute atomic E-state index is 13.4. The number of rotatable bonds is 8. The topological polar surface area (TPSA) is 37.4 Å². The summed E-state index contributed by atoms with van der Waals surface area (Å²) in [5.74, 6) is 0.710. The van der Waals surface area contributed by atoms with Gasteiger partial charge in [0, 0.05) is 17.6 Å². The minimum absolute atomic E-state index is 0.112. The fourth-order valence-electron chi connectivity index (χ4n) is 1.59. The summed E-state index contributed by atoms with van der Waals surface area (Å²) in [6.07, 6.45) is 1.20. The highest BCUT2D eigenvalue weighted by Gasteiger charge is 2.22. The Morgan fingerprint density at radius 1 is 1.38 bits per heavy atom. The third-order valence-electron chi connectivity index (χ3n) is 3.53. The van der Waals surface area contributed by atoms with Crippen LogP contribution in [0, 0.1) is 11.7 Å². The van der Waals surface area contributed by atoms with Crippen molar-refractivity contribution in [2.75, 3.05) is 27.2 Å². The van der Waals surface area contributed by atoms with E-state index in [9.17, 15) is 4.39 Å². The summed E-state index contributed by atoms with van der Waals surface area (Å²) in [6.45, 7) is 10.4. The van der Waals surface area contributed by atoms with E-state index in [4.69, 9.17) is 4.74 Å². The molecule has 1 heterocycles. The van der Waals surface area contributed by atoms with Crippen molar-refractivity contribution in [2.24, 2.45) is 5.92 Å². The van der Waals surface area contributed by atoms with E-state index in [1.165, 1.54) is 12.3 Å². The first-order valence-electron chi connectivity index (χ1n) is 7.37. The molecule has 1 rings (SSSR count). The molecule has 0 aliphatic carbocycles. The zero-order valence-electron chi connectivity index (χ0n) is 14.0. The molecule has 0 aliphatic heterocycles. The molecule has 0 fully saturated rings. The van der Waals surface area contributed by atoms with Crippen molar-refractivity contribution in [3.63, 3.8) is 0 Å². The molecule has 0 aliphatic rings. The van der Waals surface area contributed by atoms with Gasteiger partial charge in [0.05, 0.1) is 6.20 Å². The number of hydrogen-bond donors (Lipinski definition) is 1. The van der Waals surface area contributed by atoms with Gasteiger partial charge in [-0.25, -0.2) is 9.37 Å². The van der Waals surface area contributed by atoms with Crippen LogP contribution in [0.5, 0.6) is 5.88 Å². The van der Waals surface area contributed by atoms with E-state index in [2.05, 4.69) is 42.9 Å². The first kappa shape index (κ1) is 17.9. The molecule has 120 valence electrons. The van der Waals surface area contributed by atoms with Crippen molar-refractivity contribution >= 4 is 0 Å². The summed E-state index contributed by atoms with van der Waals surface area (Å²) >= 11 is 0. The largest absolute Gasteiger partial charge is 0.475 e. The first-order valence-corrected chi connectivity index (χ1v) is 7.37. The van der Waals surface area contributed by atoms with E-state index in [0.717, 1.165) is 12.1 Å². The van der Waals surface area contributed by atoms with Crippen LogP contribution in [0.1, 0.15) is 33.3 Å². The quantitative estimate of drug-likeness (QED) is 0.800. The van der Waals surface area contributed by atoms with E-state index in [1.807, 2.05) is 14.1 Å². The van der Waals surface area contributed by atoms with Crippen LogP contribution in [0.3, 0.4) is 0 Å². The molecule has 21 heavy (non-hydrogen) atoms. The number of hydrogen-bond acceptors (Lipinski definition) is 4. The minimum atomic E-state index is -0.337. The van der Waals surface area contributed by atoms with Crippen molar-refractivity contribution in [1.29, 1.82) is 0 Å². The van der Waals surface area contributed by atoms with Gasteiger partial charge in [-0.05, 0) is 46.5 Å². The van der Waals surface area contributed by atoms with Gasteiger partial charge in [0.2, 0.25) is 5.88 Å². The highest BCUT2D eigenvalue weighted by Crippen LogP contribution is 2.19. The number of pyridine rings is 1. The Labute approximate surface area is 127 Å². The number of aromatic nitrogens is 1. The number of nitrogens with zero attached hydrogens (tertiary/aromatic N) is 2. The summed E-state index contributed by atoms with van der Waals surface area (Å²) in [7, 11) is 4.01. The van der Waals surface area contributed by atoms with E-state index in [0.29, 0.717) is 24.9 Å². The van der Waals surface area contributed by atoms with Crippen LogP contribution in [-0.2, 0) is 6.54 Å². The number of nitrogens with one attached hydrogen (secondary N) is 1. The third-order valence-corrected chi connectivity index (χ3v) is 3.53. The maximum Gasteiger partial charge on any atom is 0.218 e. The fourth-order valence-corrected chi connectivity index (χ4v) is 1.59. The zero-order chi connectivity index (χ0) is 16.0. The van der Waals surface area contributed by atoms with Crippen LogP contribution in [0.15, 0.2) is 12.3 Å². The average Bonchev–Trinajstić information content (AvgIpc) is 2.37. The Bertz CT molecular complexity index is 447. The van der Waals surface area contributed by atoms with Crippen molar-refractivity contribution in [3.05, 3.63) is 23.6 Å². The Kier molecular flexibility index (Phi) is 6.55. The van der Waals surface area contributed by atoms with Crippen LogP contribution in [0.2, 0.25) is 0 Å². The normalized spacial score (nSPS) is 12.2. The number of halogens is 1. The predicted molar refractivity (Wildman–Crippen MR) is 84.0 cm³/mol. The molecule has 5 heteroatoms.